The van der Waals surface area contributed by atoms with Gasteiger partial charge in [0, 0.05) is 17.8 Å². The lowest BCUT2D eigenvalue weighted by Crippen LogP contribution is -2.15. The van der Waals surface area contributed by atoms with Gasteiger partial charge in [-0.15, -0.1) is 11.6 Å². The Hall–Kier alpha value is -1.74. The van der Waals surface area contributed by atoms with E-state index in [2.05, 4.69) is 11.9 Å². The standard InChI is InChI=1S/C16H16ClNO2/c1-11(13-4-2-3-7-18-13)16(17)12-5-6-14-15(10-12)20-9-8-19-14/h2-7,10-11,16H,8-9H2,1H3. The van der Waals surface area contributed by atoms with E-state index in [4.69, 9.17) is 21.1 Å². The van der Waals surface area contributed by atoms with Crippen LogP contribution < -0.4 is 9.47 Å². The average Bonchev–Trinajstić information content (AvgIpc) is 2.54. The van der Waals surface area contributed by atoms with E-state index in [1.54, 1.807) is 6.20 Å². The van der Waals surface area contributed by atoms with Crippen LogP contribution in [0, 0.1) is 0 Å². The molecule has 1 aromatic heterocycles. The molecule has 2 aromatic rings. The van der Waals surface area contributed by atoms with Gasteiger partial charge in [0.05, 0.1) is 5.38 Å². The van der Waals surface area contributed by atoms with E-state index in [0.29, 0.717) is 13.2 Å². The summed E-state index contributed by atoms with van der Waals surface area (Å²) in [4.78, 5) is 4.37. The summed E-state index contributed by atoms with van der Waals surface area (Å²) < 4.78 is 11.1. The second-order valence-electron chi connectivity index (χ2n) is 4.85. The van der Waals surface area contributed by atoms with Crippen molar-refractivity contribution in [3.63, 3.8) is 0 Å². The predicted molar refractivity (Wildman–Crippen MR) is 78.7 cm³/mol. The molecule has 0 fully saturated rings. The summed E-state index contributed by atoms with van der Waals surface area (Å²) in [6, 6.07) is 11.8. The van der Waals surface area contributed by atoms with Gasteiger partial charge < -0.3 is 9.47 Å². The number of benzene rings is 1. The molecule has 0 saturated carbocycles. The summed E-state index contributed by atoms with van der Waals surface area (Å²) in [7, 11) is 0. The fourth-order valence-corrected chi connectivity index (χ4v) is 2.58. The Kier molecular flexibility index (Phi) is 3.79. The van der Waals surface area contributed by atoms with Crippen LogP contribution in [-0.2, 0) is 0 Å². The molecule has 1 aliphatic heterocycles. The molecule has 2 unspecified atom stereocenters. The minimum atomic E-state index is -0.152. The molecule has 3 nitrogen and oxygen atoms in total. The van der Waals surface area contributed by atoms with Gasteiger partial charge in [0.2, 0.25) is 0 Å². The van der Waals surface area contributed by atoms with Crippen LogP contribution in [0.15, 0.2) is 42.6 Å². The first-order valence-electron chi connectivity index (χ1n) is 6.70. The summed E-state index contributed by atoms with van der Waals surface area (Å²) in [5.74, 6) is 1.68. The zero-order valence-electron chi connectivity index (χ0n) is 11.3. The van der Waals surface area contributed by atoms with Crippen molar-refractivity contribution in [2.75, 3.05) is 13.2 Å². The van der Waals surface area contributed by atoms with Gasteiger partial charge in [0.15, 0.2) is 11.5 Å². The summed E-state index contributed by atoms with van der Waals surface area (Å²) in [6.45, 7) is 3.26. The lowest BCUT2D eigenvalue weighted by Gasteiger charge is -2.22. The maximum atomic E-state index is 6.60. The maximum Gasteiger partial charge on any atom is 0.161 e. The molecule has 0 radical (unpaired) electrons. The minimum Gasteiger partial charge on any atom is -0.486 e. The van der Waals surface area contributed by atoms with Crippen molar-refractivity contribution in [1.29, 1.82) is 0 Å². The molecule has 4 heteroatoms. The van der Waals surface area contributed by atoms with E-state index in [9.17, 15) is 0 Å². The maximum absolute atomic E-state index is 6.60. The Balaban J connectivity index is 1.85. The van der Waals surface area contributed by atoms with Crippen LogP contribution in [0.25, 0.3) is 0 Å². The molecule has 0 spiro atoms. The van der Waals surface area contributed by atoms with Crippen molar-refractivity contribution in [3.8, 4) is 11.5 Å². The number of hydrogen-bond acceptors (Lipinski definition) is 3. The zero-order chi connectivity index (χ0) is 13.9. The lowest BCUT2D eigenvalue weighted by molar-refractivity contribution is 0.171. The molecule has 1 aliphatic rings. The zero-order valence-corrected chi connectivity index (χ0v) is 12.0. The molecule has 0 amide bonds. The van der Waals surface area contributed by atoms with E-state index in [0.717, 1.165) is 22.8 Å². The first-order valence-corrected chi connectivity index (χ1v) is 7.14. The quantitative estimate of drug-likeness (QED) is 0.802. The number of aromatic nitrogens is 1. The molecular weight excluding hydrogens is 274 g/mol. The van der Waals surface area contributed by atoms with Crippen LogP contribution in [0.3, 0.4) is 0 Å². The Morgan fingerprint density at radius 1 is 1.10 bits per heavy atom. The van der Waals surface area contributed by atoms with Crippen LogP contribution >= 0.6 is 11.6 Å². The number of nitrogens with zero attached hydrogens (tertiary/aromatic N) is 1. The van der Waals surface area contributed by atoms with Crippen molar-refractivity contribution < 1.29 is 9.47 Å². The van der Waals surface area contributed by atoms with Crippen LogP contribution in [0.5, 0.6) is 11.5 Å². The largest absolute Gasteiger partial charge is 0.486 e. The Morgan fingerprint density at radius 2 is 1.90 bits per heavy atom. The van der Waals surface area contributed by atoms with Crippen molar-refractivity contribution >= 4 is 11.6 Å². The first-order chi connectivity index (χ1) is 9.75. The highest BCUT2D eigenvalue weighted by Crippen LogP contribution is 2.39. The van der Waals surface area contributed by atoms with Crippen molar-refractivity contribution in [1.82, 2.24) is 4.98 Å². The molecule has 0 aliphatic carbocycles. The third-order valence-corrected chi connectivity index (χ3v) is 4.11. The van der Waals surface area contributed by atoms with Crippen LogP contribution in [0.1, 0.15) is 29.5 Å². The highest BCUT2D eigenvalue weighted by Gasteiger charge is 2.21. The van der Waals surface area contributed by atoms with E-state index >= 15 is 0 Å². The predicted octanol–water partition coefficient (Wildman–Crippen LogP) is 3.94. The first kappa shape index (κ1) is 13.3. The van der Waals surface area contributed by atoms with Gasteiger partial charge in [-0.1, -0.05) is 19.1 Å². The average molecular weight is 290 g/mol. The van der Waals surface area contributed by atoms with E-state index < -0.39 is 0 Å². The number of ether oxygens (including phenoxy) is 2. The van der Waals surface area contributed by atoms with Gasteiger partial charge in [-0.3, -0.25) is 4.98 Å². The van der Waals surface area contributed by atoms with Gasteiger partial charge in [-0.2, -0.15) is 0 Å². The number of alkyl halides is 1. The fraction of sp³-hybridized carbons (Fsp3) is 0.312. The Bertz CT molecular complexity index is 588. The third kappa shape index (κ3) is 2.59. The van der Waals surface area contributed by atoms with Crippen LogP contribution in [-0.4, -0.2) is 18.2 Å². The second-order valence-corrected chi connectivity index (χ2v) is 5.32. The van der Waals surface area contributed by atoms with Gasteiger partial charge in [-0.05, 0) is 29.8 Å². The number of hydrogen-bond donors (Lipinski definition) is 0. The number of pyridine rings is 1. The van der Waals surface area contributed by atoms with Gasteiger partial charge >= 0.3 is 0 Å². The molecule has 3 rings (SSSR count). The SMILES string of the molecule is CC(c1ccccn1)C(Cl)c1ccc2c(c1)OCCO2. The van der Waals surface area contributed by atoms with Crippen molar-refractivity contribution in [3.05, 3.63) is 53.9 Å². The monoisotopic (exact) mass is 289 g/mol. The van der Waals surface area contributed by atoms with Crippen molar-refractivity contribution in [2.24, 2.45) is 0 Å². The molecule has 2 atom stereocenters. The second kappa shape index (κ2) is 5.71. The fourth-order valence-electron chi connectivity index (χ4n) is 2.32. The molecule has 2 heterocycles. The van der Waals surface area contributed by atoms with E-state index in [1.165, 1.54) is 0 Å². The highest BCUT2D eigenvalue weighted by atomic mass is 35.5. The Labute approximate surface area is 123 Å². The smallest absolute Gasteiger partial charge is 0.161 e. The van der Waals surface area contributed by atoms with Gasteiger partial charge in [-0.25, -0.2) is 0 Å². The normalized spacial score (nSPS) is 16.5. The van der Waals surface area contributed by atoms with Gasteiger partial charge in [0.1, 0.15) is 13.2 Å². The summed E-state index contributed by atoms with van der Waals surface area (Å²) in [5, 5.41) is -0.152. The summed E-state index contributed by atoms with van der Waals surface area (Å²) >= 11 is 6.60. The number of rotatable bonds is 3. The number of fused-ring (bicyclic) bond motifs is 1. The highest BCUT2D eigenvalue weighted by molar-refractivity contribution is 6.21. The van der Waals surface area contributed by atoms with Crippen LogP contribution in [0.4, 0.5) is 0 Å². The lowest BCUT2D eigenvalue weighted by atomic mass is 9.96. The number of halogens is 1. The molecular formula is C16H16ClNO2. The Morgan fingerprint density at radius 3 is 2.65 bits per heavy atom. The summed E-state index contributed by atoms with van der Waals surface area (Å²) in [6.07, 6.45) is 1.79. The molecule has 1 aromatic carbocycles. The van der Waals surface area contributed by atoms with Crippen LogP contribution in [0.2, 0.25) is 0 Å². The molecule has 0 bridgehead atoms. The third-order valence-electron chi connectivity index (χ3n) is 3.48. The molecule has 20 heavy (non-hydrogen) atoms. The molecule has 104 valence electrons. The molecule has 0 saturated heterocycles. The van der Waals surface area contributed by atoms with Crippen molar-refractivity contribution in [2.45, 2.75) is 18.2 Å². The van der Waals surface area contributed by atoms with Gasteiger partial charge in [0.25, 0.3) is 0 Å². The molecule has 0 N–H and O–H groups in total. The summed E-state index contributed by atoms with van der Waals surface area (Å²) in [5.41, 5.74) is 2.01. The van der Waals surface area contributed by atoms with E-state index in [1.807, 2.05) is 36.4 Å². The topological polar surface area (TPSA) is 31.4 Å². The van der Waals surface area contributed by atoms with E-state index in [-0.39, 0.29) is 11.3 Å². The minimum absolute atomic E-state index is 0.125.